The zero-order chi connectivity index (χ0) is 21.5. The number of nitrogens with zero attached hydrogens (tertiary/aromatic N) is 1. The fourth-order valence-electron chi connectivity index (χ4n) is 2.51. The van der Waals surface area contributed by atoms with E-state index < -0.39 is 5.91 Å². The first-order chi connectivity index (χ1) is 14.4. The van der Waals surface area contributed by atoms with Crippen molar-refractivity contribution in [3.05, 3.63) is 97.0 Å². The van der Waals surface area contributed by atoms with E-state index in [1.807, 2.05) is 30.3 Å². The highest BCUT2D eigenvalue weighted by Crippen LogP contribution is 2.27. The minimum absolute atomic E-state index is 0.0283. The van der Waals surface area contributed by atoms with Crippen molar-refractivity contribution in [3.8, 4) is 11.8 Å². The van der Waals surface area contributed by atoms with Crippen molar-refractivity contribution in [2.24, 2.45) is 0 Å². The molecule has 1 amide bonds. The molecule has 150 valence electrons. The van der Waals surface area contributed by atoms with Gasteiger partial charge in [0.2, 0.25) is 0 Å². The fraction of sp³-hybridized carbons (Fsp3) is 0.0435. The summed E-state index contributed by atoms with van der Waals surface area (Å²) in [4.78, 5) is 12.4. The van der Waals surface area contributed by atoms with Crippen LogP contribution >= 0.6 is 45.8 Å². The minimum Gasteiger partial charge on any atom is -0.487 e. The largest absolute Gasteiger partial charge is 0.487 e. The quantitative estimate of drug-likeness (QED) is 0.211. The van der Waals surface area contributed by atoms with Gasteiger partial charge in [-0.05, 0) is 88.3 Å². The molecule has 0 spiro atoms. The van der Waals surface area contributed by atoms with Crippen LogP contribution in [-0.4, -0.2) is 5.91 Å². The van der Waals surface area contributed by atoms with Crippen molar-refractivity contribution in [3.63, 3.8) is 0 Å². The van der Waals surface area contributed by atoms with Gasteiger partial charge in [-0.2, -0.15) is 5.26 Å². The Morgan fingerprint density at radius 1 is 1.07 bits per heavy atom. The molecule has 7 heteroatoms. The van der Waals surface area contributed by atoms with Crippen LogP contribution in [0.5, 0.6) is 5.75 Å². The third-order valence-electron chi connectivity index (χ3n) is 4.04. The number of hydrogen-bond acceptors (Lipinski definition) is 3. The van der Waals surface area contributed by atoms with Gasteiger partial charge in [-0.15, -0.1) is 0 Å². The molecule has 0 aliphatic heterocycles. The number of carbonyl (C=O) groups is 1. The predicted molar refractivity (Wildman–Crippen MR) is 129 cm³/mol. The van der Waals surface area contributed by atoms with Crippen molar-refractivity contribution in [1.29, 1.82) is 5.26 Å². The lowest BCUT2D eigenvalue weighted by Crippen LogP contribution is -2.13. The van der Waals surface area contributed by atoms with E-state index in [9.17, 15) is 10.1 Å². The maximum atomic E-state index is 12.4. The molecule has 0 atom stereocenters. The average Bonchev–Trinajstić information content (AvgIpc) is 2.74. The van der Waals surface area contributed by atoms with Gasteiger partial charge in [0.1, 0.15) is 24.0 Å². The van der Waals surface area contributed by atoms with E-state index in [1.54, 1.807) is 42.5 Å². The number of benzene rings is 3. The van der Waals surface area contributed by atoms with E-state index in [-0.39, 0.29) is 5.57 Å². The number of hydrogen-bond donors (Lipinski definition) is 1. The second-order valence-electron chi connectivity index (χ2n) is 6.24. The van der Waals surface area contributed by atoms with Gasteiger partial charge in [-0.25, -0.2) is 0 Å². The zero-order valence-corrected chi connectivity index (χ0v) is 19.2. The number of nitriles is 1. The maximum absolute atomic E-state index is 12.4. The lowest BCUT2D eigenvalue weighted by Gasteiger charge is -2.09. The van der Waals surface area contributed by atoms with Gasteiger partial charge < -0.3 is 10.1 Å². The molecule has 0 aliphatic rings. The van der Waals surface area contributed by atoms with Crippen molar-refractivity contribution in [2.75, 3.05) is 5.32 Å². The number of halogens is 3. The molecule has 0 fully saturated rings. The van der Waals surface area contributed by atoms with Crippen LogP contribution in [0.4, 0.5) is 5.69 Å². The monoisotopic (exact) mass is 548 g/mol. The first kappa shape index (κ1) is 22.2. The standard InChI is InChI=1S/C23H15Cl2IN2O2/c24-18-4-1-15(2-5-18)14-30-22-10-3-16(12-21(22)25)11-17(13-27)23(29)28-20-8-6-19(26)7-9-20/h1-12H,14H2,(H,28,29)/b17-11+. The molecular formula is C23H15Cl2IN2O2. The average molecular weight is 549 g/mol. The summed E-state index contributed by atoms with van der Waals surface area (Å²) in [6, 6.07) is 21.6. The molecule has 0 unspecified atom stereocenters. The second kappa shape index (κ2) is 10.5. The summed E-state index contributed by atoms with van der Waals surface area (Å²) in [5, 5.41) is 13.1. The van der Waals surface area contributed by atoms with E-state index in [0.29, 0.717) is 33.7 Å². The molecule has 0 bridgehead atoms. The summed E-state index contributed by atoms with van der Waals surface area (Å²) in [6.45, 7) is 0.341. The SMILES string of the molecule is N#C/C(=C\c1ccc(OCc2ccc(Cl)cc2)c(Cl)c1)C(=O)Nc1ccc(I)cc1. The van der Waals surface area contributed by atoms with E-state index in [1.165, 1.54) is 6.08 Å². The Balaban J connectivity index is 1.69. The number of ether oxygens (including phenoxy) is 1. The molecule has 3 aromatic rings. The number of carbonyl (C=O) groups excluding carboxylic acids is 1. The van der Waals surface area contributed by atoms with Crippen molar-refractivity contribution >= 4 is 63.5 Å². The van der Waals surface area contributed by atoms with E-state index >= 15 is 0 Å². The lowest BCUT2D eigenvalue weighted by molar-refractivity contribution is -0.112. The van der Waals surface area contributed by atoms with Crippen LogP contribution in [0, 0.1) is 14.9 Å². The summed E-state index contributed by atoms with van der Waals surface area (Å²) in [7, 11) is 0. The topological polar surface area (TPSA) is 62.1 Å². The summed E-state index contributed by atoms with van der Waals surface area (Å²) >= 11 is 14.4. The molecule has 1 N–H and O–H groups in total. The smallest absolute Gasteiger partial charge is 0.266 e. The molecule has 0 aliphatic carbocycles. The lowest BCUT2D eigenvalue weighted by atomic mass is 10.1. The van der Waals surface area contributed by atoms with Crippen LogP contribution in [0.2, 0.25) is 10.0 Å². The van der Waals surface area contributed by atoms with Crippen LogP contribution in [0.3, 0.4) is 0 Å². The van der Waals surface area contributed by atoms with Crippen LogP contribution in [0.1, 0.15) is 11.1 Å². The molecule has 0 saturated carbocycles. The molecule has 0 saturated heterocycles. The molecule has 3 aromatic carbocycles. The van der Waals surface area contributed by atoms with Crippen LogP contribution in [0.25, 0.3) is 6.08 Å². The highest BCUT2D eigenvalue weighted by molar-refractivity contribution is 14.1. The molecular weight excluding hydrogens is 534 g/mol. The molecule has 30 heavy (non-hydrogen) atoms. The van der Waals surface area contributed by atoms with Gasteiger partial charge in [0, 0.05) is 14.3 Å². The number of anilines is 1. The van der Waals surface area contributed by atoms with Gasteiger partial charge >= 0.3 is 0 Å². The fourth-order valence-corrected chi connectivity index (χ4v) is 3.24. The third-order valence-corrected chi connectivity index (χ3v) is 5.31. The number of rotatable bonds is 6. The van der Waals surface area contributed by atoms with Gasteiger partial charge in [0.25, 0.3) is 5.91 Å². The minimum atomic E-state index is -0.488. The summed E-state index contributed by atoms with van der Waals surface area (Å²) < 4.78 is 6.80. The van der Waals surface area contributed by atoms with E-state index in [0.717, 1.165) is 9.13 Å². The van der Waals surface area contributed by atoms with Crippen LogP contribution in [-0.2, 0) is 11.4 Å². The number of amides is 1. The van der Waals surface area contributed by atoms with Gasteiger partial charge in [0.15, 0.2) is 0 Å². The summed E-state index contributed by atoms with van der Waals surface area (Å²) in [5.74, 6) is 0.0171. The van der Waals surface area contributed by atoms with Crippen LogP contribution in [0.15, 0.2) is 72.3 Å². The van der Waals surface area contributed by atoms with Gasteiger partial charge in [0.05, 0.1) is 5.02 Å². The number of nitrogens with one attached hydrogen (secondary N) is 1. The predicted octanol–water partition coefficient (Wildman–Crippen LogP) is 6.72. The molecule has 0 heterocycles. The summed E-state index contributed by atoms with van der Waals surface area (Å²) in [5.41, 5.74) is 2.16. The highest BCUT2D eigenvalue weighted by Gasteiger charge is 2.11. The molecule has 3 rings (SSSR count). The van der Waals surface area contributed by atoms with Crippen molar-refractivity contribution in [1.82, 2.24) is 0 Å². The Kier molecular flexibility index (Phi) is 7.75. The second-order valence-corrected chi connectivity index (χ2v) is 8.33. The van der Waals surface area contributed by atoms with Crippen molar-refractivity contribution in [2.45, 2.75) is 6.61 Å². The van der Waals surface area contributed by atoms with Crippen LogP contribution < -0.4 is 10.1 Å². The summed E-state index contributed by atoms with van der Waals surface area (Å²) in [6.07, 6.45) is 1.48. The first-order valence-corrected chi connectivity index (χ1v) is 10.6. The maximum Gasteiger partial charge on any atom is 0.266 e. The molecule has 4 nitrogen and oxygen atoms in total. The van der Waals surface area contributed by atoms with E-state index in [2.05, 4.69) is 27.9 Å². The first-order valence-electron chi connectivity index (χ1n) is 8.80. The normalized spacial score (nSPS) is 10.9. The zero-order valence-electron chi connectivity index (χ0n) is 15.5. The Labute approximate surface area is 198 Å². The highest BCUT2D eigenvalue weighted by atomic mass is 127. The third kappa shape index (κ3) is 6.23. The molecule has 0 radical (unpaired) electrons. The Morgan fingerprint density at radius 3 is 2.40 bits per heavy atom. The Morgan fingerprint density at radius 2 is 1.77 bits per heavy atom. The van der Waals surface area contributed by atoms with Gasteiger partial charge in [-0.1, -0.05) is 41.4 Å². The Hall–Kier alpha value is -2.53. The van der Waals surface area contributed by atoms with Gasteiger partial charge in [-0.3, -0.25) is 4.79 Å². The van der Waals surface area contributed by atoms with Crippen molar-refractivity contribution < 1.29 is 9.53 Å². The molecule has 0 aromatic heterocycles. The van der Waals surface area contributed by atoms with E-state index in [4.69, 9.17) is 27.9 Å². The Bertz CT molecular complexity index is 1120.